The molecule has 0 aliphatic carbocycles. The summed E-state index contributed by atoms with van der Waals surface area (Å²) in [5.41, 5.74) is 6.76. The molecule has 0 saturated carbocycles. The van der Waals surface area contributed by atoms with Crippen LogP contribution in [0, 0.1) is 5.92 Å². The number of piperidine rings is 1. The van der Waals surface area contributed by atoms with Crippen LogP contribution in [0.15, 0.2) is 42.5 Å². The quantitative estimate of drug-likeness (QED) is 0.932. The van der Waals surface area contributed by atoms with Gasteiger partial charge in [-0.2, -0.15) is 0 Å². The van der Waals surface area contributed by atoms with E-state index >= 15 is 0 Å². The van der Waals surface area contributed by atoms with E-state index in [1.165, 1.54) is 17.2 Å². The summed E-state index contributed by atoms with van der Waals surface area (Å²) in [7, 11) is 0. The largest absolute Gasteiger partial charge is 0.342 e. The van der Waals surface area contributed by atoms with Gasteiger partial charge in [0, 0.05) is 13.1 Å². The topological polar surface area (TPSA) is 46.3 Å². The molecule has 1 aliphatic rings. The number of nitrogens with two attached hydrogens (primary N) is 1. The first-order chi connectivity index (χ1) is 10.8. The number of carbonyl (C=O) groups is 1. The molecule has 2 N–H and O–H groups in total. The molecule has 0 bridgehead atoms. The summed E-state index contributed by atoms with van der Waals surface area (Å²) >= 11 is 0. The molecule has 2 aromatic rings. The molecule has 1 fully saturated rings. The normalized spacial score (nSPS) is 17.8. The molecule has 0 aromatic heterocycles. The predicted octanol–water partition coefficient (Wildman–Crippen LogP) is 3.39. The van der Waals surface area contributed by atoms with E-state index in [-0.39, 0.29) is 18.3 Å². The number of fused-ring (bicyclic) bond motifs is 1. The van der Waals surface area contributed by atoms with Gasteiger partial charge in [-0.1, -0.05) is 42.5 Å². The first-order valence-electron chi connectivity index (χ1n) is 8.22. The van der Waals surface area contributed by atoms with Crippen molar-refractivity contribution in [1.82, 2.24) is 4.90 Å². The van der Waals surface area contributed by atoms with Crippen LogP contribution in [0.2, 0.25) is 0 Å². The van der Waals surface area contributed by atoms with E-state index in [1.807, 2.05) is 17.0 Å². The minimum absolute atomic E-state index is 0. The minimum atomic E-state index is 0. The fourth-order valence-electron chi connectivity index (χ4n) is 3.40. The number of nitrogens with zero attached hydrogens (tertiary/aromatic N) is 1. The van der Waals surface area contributed by atoms with E-state index in [1.54, 1.807) is 0 Å². The van der Waals surface area contributed by atoms with Gasteiger partial charge in [0.05, 0.1) is 6.42 Å². The number of likely N-dealkylation sites (tertiary alicyclic amines) is 1. The van der Waals surface area contributed by atoms with Crippen molar-refractivity contribution in [2.24, 2.45) is 11.7 Å². The number of benzene rings is 2. The maximum absolute atomic E-state index is 12.5. The summed E-state index contributed by atoms with van der Waals surface area (Å²) in [4.78, 5) is 14.6. The number of halogens is 1. The SMILES string of the molecule is Cl.NCCC1CCCN(C(=O)Cc2ccc3ccccc3c2)C1. The van der Waals surface area contributed by atoms with Gasteiger partial charge in [-0.05, 0) is 48.1 Å². The van der Waals surface area contributed by atoms with Crippen molar-refractivity contribution in [1.29, 1.82) is 0 Å². The van der Waals surface area contributed by atoms with Crippen LogP contribution in [-0.4, -0.2) is 30.4 Å². The summed E-state index contributed by atoms with van der Waals surface area (Å²) in [5, 5.41) is 2.42. The van der Waals surface area contributed by atoms with Gasteiger partial charge < -0.3 is 10.6 Å². The number of carbonyl (C=O) groups excluding carboxylic acids is 1. The summed E-state index contributed by atoms with van der Waals surface area (Å²) in [5.74, 6) is 0.830. The Bertz CT molecular complexity index is 657. The lowest BCUT2D eigenvalue weighted by molar-refractivity contribution is -0.132. The number of hydrogen-bond donors (Lipinski definition) is 1. The van der Waals surface area contributed by atoms with Crippen molar-refractivity contribution in [3.8, 4) is 0 Å². The second-order valence-electron chi connectivity index (χ2n) is 6.28. The van der Waals surface area contributed by atoms with Gasteiger partial charge in [0.25, 0.3) is 0 Å². The van der Waals surface area contributed by atoms with Crippen LogP contribution in [0.5, 0.6) is 0 Å². The van der Waals surface area contributed by atoms with E-state index in [9.17, 15) is 4.79 Å². The van der Waals surface area contributed by atoms with E-state index in [0.717, 1.165) is 38.0 Å². The maximum Gasteiger partial charge on any atom is 0.226 e. The molecule has 124 valence electrons. The Balaban J connectivity index is 0.00000192. The standard InChI is InChI=1S/C19H24N2O.ClH/c20-10-9-15-4-3-11-21(14-15)19(22)13-16-7-8-17-5-1-2-6-18(17)12-16;/h1-2,5-8,12,15H,3-4,9-11,13-14,20H2;1H. The molecule has 0 spiro atoms. The Morgan fingerprint density at radius 2 is 1.96 bits per heavy atom. The highest BCUT2D eigenvalue weighted by atomic mass is 35.5. The van der Waals surface area contributed by atoms with Gasteiger partial charge in [-0.15, -0.1) is 12.4 Å². The van der Waals surface area contributed by atoms with E-state index in [0.29, 0.717) is 12.3 Å². The molecule has 0 radical (unpaired) electrons. The molecule has 1 atom stereocenters. The second-order valence-corrected chi connectivity index (χ2v) is 6.28. The molecule has 1 unspecified atom stereocenters. The molecule has 1 heterocycles. The van der Waals surface area contributed by atoms with Gasteiger partial charge in [0.15, 0.2) is 0 Å². The monoisotopic (exact) mass is 332 g/mol. The fraction of sp³-hybridized carbons (Fsp3) is 0.421. The molecule has 3 rings (SSSR count). The summed E-state index contributed by atoms with van der Waals surface area (Å²) in [6.45, 7) is 2.49. The number of amides is 1. The highest BCUT2D eigenvalue weighted by molar-refractivity contribution is 5.86. The van der Waals surface area contributed by atoms with E-state index < -0.39 is 0 Å². The smallest absolute Gasteiger partial charge is 0.226 e. The lowest BCUT2D eigenvalue weighted by atomic mass is 9.94. The minimum Gasteiger partial charge on any atom is -0.342 e. The van der Waals surface area contributed by atoms with Gasteiger partial charge in [-0.25, -0.2) is 0 Å². The Labute approximate surface area is 144 Å². The first-order valence-corrected chi connectivity index (χ1v) is 8.22. The second kappa shape index (κ2) is 8.32. The highest BCUT2D eigenvalue weighted by Crippen LogP contribution is 2.21. The summed E-state index contributed by atoms with van der Waals surface area (Å²) in [6, 6.07) is 14.6. The van der Waals surface area contributed by atoms with Crippen LogP contribution >= 0.6 is 12.4 Å². The molecule has 2 aromatic carbocycles. The zero-order chi connectivity index (χ0) is 15.4. The zero-order valence-corrected chi connectivity index (χ0v) is 14.2. The van der Waals surface area contributed by atoms with Gasteiger partial charge in [-0.3, -0.25) is 4.79 Å². The molecule has 23 heavy (non-hydrogen) atoms. The average Bonchev–Trinajstić information content (AvgIpc) is 2.55. The predicted molar refractivity (Wildman–Crippen MR) is 97.9 cm³/mol. The Morgan fingerprint density at radius 1 is 1.17 bits per heavy atom. The molecule has 1 amide bonds. The van der Waals surface area contributed by atoms with Crippen molar-refractivity contribution in [2.45, 2.75) is 25.7 Å². The number of hydrogen-bond acceptors (Lipinski definition) is 2. The van der Waals surface area contributed by atoms with Crippen molar-refractivity contribution < 1.29 is 4.79 Å². The molecule has 3 nitrogen and oxygen atoms in total. The van der Waals surface area contributed by atoms with Gasteiger partial charge >= 0.3 is 0 Å². The van der Waals surface area contributed by atoms with Crippen LogP contribution in [0.25, 0.3) is 10.8 Å². The first kappa shape index (κ1) is 17.8. The molecule has 1 saturated heterocycles. The molecule has 1 aliphatic heterocycles. The van der Waals surface area contributed by atoms with Crippen molar-refractivity contribution >= 4 is 29.1 Å². The molecular formula is C19H25ClN2O. The Kier molecular flexibility index (Phi) is 6.43. The third kappa shape index (κ3) is 4.46. The fourth-order valence-corrected chi connectivity index (χ4v) is 3.40. The lowest BCUT2D eigenvalue weighted by Gasteiger charge is -2.32. The van der Waals surface area contributed by atoms with Crippen molar-refractivity contribution in [3.05, 3.63) is 48.0 Å². The average molecular weight is 333 g/mol. The van der Waals surface area contributed by atoms with E-state index in [2.05, 4.69) is 30.3 Å². The number of rotatable bonds is 4. The van der Waals surface area contributed by atoms with Crippen LogP contribution < -0.4 is 5.73 Å². The summed E-state index contributed by atoms with van der Waals surface area (Å²) < 4.78 is 0. The maximum atomic E-state index is 12.5. The summed E-state index contributed by atoms with van der Waals surface area (Å²) in [6.07, 6.45) is 3.84. The van der Waals surface area contributed by atoms with Gasteiger partial charge in [0.1, 0.15) is 0 Å². The van der Waals surface area contributed by atoms with Crippen molar-refractivity contribution in [2.75, 3.05) is 19.6 Å². The van der Waals surface area contributed by atoms with Crippen LogP contribution in [0.1, 0.15) is 24.8 Å². The third-order valence-corrected chi connectivity index (χ3v) is 4.62. The van der Waals surface area contributed by atoms with Crippen LogP contribution in [0.3, 0.4) is 0 Å². The van der Waals surface area contributed by atoms with E-state index in [4.69, 9.17) is 5.73 Å². The Hall–Kier alpha value is -1.58. The van der Waals surface area contributed by atoms with Crippen molar-refractivity contribution in [3.63, 3.8) is 0 Å². The van der Waals surface area contributed by atoms with Gasteiger partial charge in [0.2, 0.25) is 5.91 Å². The zero-order valence-electron chi connectivity index (χ0n) is 13.4. The Morgan fingerprint density at radius 3 is 2.74 bits per heavy atom. The highest BCUT2D eigenvalue weighted by Gasteiger charge is 2.23. The third-order valence-electron chi connectivity index (χ3n) is 4.62. The van der Waals surface area contributed by atoms with Crippen LogP contribution in [0.4, 0.5) is 0 Å². The lowest BCUT2D eigenvalue weighted by Crippen LogP contribution is -2.41. The molecule has 4 heteroatoms. The van der Waals surface area contributed by atoms with Crippen LogP contribution in [-0.2, 0) is 11.2 Å². The molecular weight excluding hydrogens is 308 g/mol.